The number of carbonyl (C=O) groups is 2. The number of carboxylic acids is 1. The topological polar surface area (TPSA) is 89.9 Å². The van der Waals surface area contributed by atoms with Crippen LogP contribution in [0.5, 0.6) is 0 Å². The maximum Gasteiger partial charge on any atom is 0.334 e. The molecule has 6 nitrogen and oxygen atoms in total. The van der Waals surface area contributed by atoms with Crippen LogP contribution >= 0.6 is 11.8 Å². The van der Waals surface area contributed by atoms with Crippen LogP contribution in [0.3, 0.4) is 0 Å². The van der Waals surface area contributed by atoms with Gasteiger partial charge in [-0.1, -0.05) is 19.8 Å². The molecule has 19 heavy (non-hydrogen) atoms. The number of nitrogens with one attached hydrogen (secondary N) is 1. The molecule has 0 aromatic rings. The number of unbranched alkanes of at least 4 members (excludes halogenated alkanes) is 2. The predicted octanol–water partition coefficient (Wildman–Crippen LogP) is 0.902. The third-order valence-electron chi connectivity index (χ3n) is 3.34. The number of β-lactam (4-membered cyclic amide) rings is 1. The quantitative estimate of drug-likeness (QED) is 0.496. The summed E-state index contributed by atoms with van der Waals surface area (Å²) < 4.78 is 0. The Bertz CT molecular complexity index is 413. The molecule has 3 atom stereocenters. The van der Waals surface area contributed by atoms with Gasteiger partial charge in [0.1, 0.15) is 17.2 Å². The van der Waals surface area contributed by atoms with Gasteiger partial charge in [-0.05, 0) is 13.0 Å². The Morgan fingerprint density at radius 1 is 1.53 bits per heavy atom. The van der Waals surface area contributed by atoms with Crippen molar-refractivity contribution in [2.75, 3.05) is 6.54 Å². The van der Waals surface area contributed by atoms with Crippen LogP contribution in [0.4, 0.5) is 0 Å². The Morgan fingerprint density at radius 3 is 2.89 bits per heavy atom. The molecule has 2 rings (SSSR count). The first kappa shape index (κ1) is 14.2. The van der Waals surface area contributed by atoms with Gasteiger partial charge in [-0.3, -0.25) is 4.79 Å². The van der Waals surface area contributed by atoms with Crippen LogP contribution in [-0.4, -0.2) is 51.0 Å². The second kappa shape index (κ2) is 5.83. The molecule has 1 saturated heterocycles. The maximum atomic E-state index is 12.0. The lowest BCUT2D eigenvalue weighted by atomic mass is 10.0. The van der Waals surface area contributed by atoms with Gasteiger partial charge < -0.3 is 20.4 Å². The van der Waals surface area contributed by atoms with E-state index in [-0.39, 0.29) is 23.1 Å². The fourth-order valence-corrected chi connectivity index (χ4v) is 3.45. The van der Waals surface area contributed by atoms with Crippen LogP contribution in [0, 0.1) is 0 Å². The van der Waals surface area contributed by atoms with Crippen molar-refractivity contribution < 1.29 is 19.8 Å². The zero-order chi connectivity index (χ0) is 14.0. The molecule has 0 aliphatic carbocycles. The molecular formula is C12H18N2O4S. The van der Waals surface area contributed by atoms with Gasteiger partial charge in [-0.25, -0.2) is 4.79 Å². The molecule has 0 radical (unpaired) electrons. The first-order chi connectivity index (χ1) is 9.07. The molecule has 2 aliphatic heterocycles. The molecule has 0 aromatic heterocycles. The number of hydrogen-bond donors (Lipinski definition) is 3. The predicted molar refractivity (Wildman–Crippen MR) is 71.7 cm³/mol. The average molecular weight is 286 g/mol. The average Bonchev–Trinajstić information content (AvgIpc) is 2.38. The minimum atomic E-state index is -1.23. The van der Waals surface area contributed by atoms with Crippen LogP contribution in [0.2, 0.25) is 0 Å². The second-order valence-electron chi connectivity index (χ2n) is 4.69. The highest BCUT2D eigenvalue weighted by Gasteiger charge is 2.55. The first-order valence-corrected chi connectivity index (χ1v) is 7.35. The van der Waals surface area contributed by atoms with E-state index in [1.165, 1.54) is 22.1 Å². The van der Waals surface area contributed by atoms with Crippen molar-refractivity contribution in [3.63, 3.8) is 0 Å². The van der Waals surface area contributed by atoms with Gasteiger partial charge >= 0.3 is 5.97 Å². The number of nitrogens with zero attached hydrogens (tertiary/aromatic N) is 1. The van der Waals surface area contributed by atoms with E-state index < -0.39 is 12.0 Å². The molecule has 0 spiro atoms. The van der Waals surface area contributed by atoms with Gasteiger partial charge in [0.05, 0.1) is 0 Å². The monoisotopic (exact) mass is 286 g/mol. The molecule has 0 bridgehead atoms. The van der Waals surface area contributed by atoms with E-state index in [1.807, 2.05) is 0 Å². The smallest absolute Gasteiger partial charge is 0.334 e. The van der Waals surface area contributed by atoms with Gasteiger partial charge in [0.25, 0.3) is 0 Å². The standard InChI is InChI=1S/C12H18N2O4S/c1-2-3-4-5-13-8-10(16)14-9(12(17)18)7(15)6-19-11(8)14/h6,8-9,11,13,15H,2-5H2,1H3,(H,17,18)/t8?,9?,11-/m0/s1. The number of aliphatic carboxylic acids is 1. The third-order valence-corrected chi connectivity index (χ3v) is 4.50. The molecule has 0 aromatic carbocycles. The highest BCUT2D eigenvalue weighted by Crippen LogP contribution is 2.39. The van der Waals surface area contributed by atoms with E-state index in [0.29, 0.717) is 0 Å². The zero-order valence-electron chi connectivity index (χ0n) is 10.7. The van der Waals surface area contributed by atoms with Crippen LogP contribution < -0.4 is 5.32 Å². The molecule has 2 heterocycles. The lowest BCUT2D eigenvalue weighted by Crippen LogP contribution is -2.73. The number of carboxylic acid groups (broad SMARTS) is 1. The molecule has 2 aliphatic rings. The van der Waals surface area contributed by atoms with E-state index in [1.54, 1.807) is 0 Å². The number of fused-ring (bicyclic) bond motifs is 1. The summed E-state index contributed by atoms with van der Waals surface area (Å²) in [6, 6.07) is -1.57. The summed E-state index contributed by atoms with van der Waals surface area (Å²) in [7, 11) is 0. The number of thioether (sulfide) groups is 1. The molecular weight excluding hydrogens is 268 g/mol. The van der Waals surface area contributed by atoms with Crippen LogP contribution in [0.15, 0.2) is 11.2 Å². The molecule has 2 unspecified atom stereocenters. The summed E-state index contributed by atoms with van der Waals surface area (Å²) in [4.78, 5) is 24.3. The number of hydrogen-bond acceptors (Lipinski definition) is 5. The lowest BCUT2D eigenvalue weighted by molar-refractivity contribution is -0.160. The summed E-state index contributed by atoms with van der Waals surface area (Å²) in [6.07, 6.45) is 3.22. The Hall–Kier alpha value is -1.21. The van der Waals surface area contributed by atoms with E-state index >= 15 is 0 Å². The summed E-state index contributed by atoms with van der Waals surface area (Å²) in [5.74, 6) is -1.72. The van der Waals surface area contributed by atoms with E-state index in [0.717, 1.165) is 25.8 Å². The molecule has 3 N–H and O–H groups in total. The summed E-state index contributed by atoms with van der Waals surface area (Å²) >= 11 is 1.29. The third kappa shape index (κ3) is 2.57. The van der Waals surface area contributed by atoms with E-state index in [4.69, 9.17) is 5.11 Å². The number of aliphatic hydroxyl groups excluding tert-OH is 1. The number of rotatable bonds is 6. The number of aliphatic hydroxyl groups is 1. The van der Waals surface area contributed by atoms with Gasteiger partial charge in [0.15, 0.2) is 6.04 Å². The fourth-order valence-electron chi connectivity index (χ4n) is 2.32. The molecule has 1 fully saturated rings. The first-order valence-electron chi connectivity index (χ1n) is 6.40. The van der Waals surface area contributed by atoms with Crippen LogP contribution in [-0.2, 0) is 9.59 Å². The normalized spacial score (nSPS) is 29.5. The fraction of sp³-hybridized carbons (Fsp3) is 0.667. The Kier molecular flexibility index (Phi) is 4.36. The van der Waals surface area contributed by atoms with Crippen molar-refractivity contribution in [3.05, 3.63) is 11.2 Å². The Balaban J connectivity index is 1.96. The largest absolute Gasteiger partial charge is 0.509 e. The molecule has 0 saturated carbocycles. The molecule has 106 valence electrons. The second-order valence-corrected chi connectivity index (χ2v) is 5.69. The zero-order valence-corrected chi connectivity index (χ0v) is 11.5. The summed E-state index contributed by atoms with van der Waals surface area (Å²) in [5.41, 5.74) is 0. The van der Waals surface area contributed by atoms with Crippen molar-refractivity contribution in [2.24, 2.45) is 0 Å². The molecule has 1 amide bonds. The van der Waals surface area contributed by atoms with E-state index in [9.17, 15) is 14.7 Å². The number of carbonyl (C=O) groups excluding carboxylic acids is 1. The molecule has 7 heteroatoms. The van der Waals surface area contributed by atoms with Gasteiger partial charge in [0, 0.05) is 5.41 Å². The SMILES string of the molecule is CCCCCNC1C(=O)N2C(C(=O)O)C(O)=CS[C@@H]12. The van der Waals surface area contributed by atoms with Crippen LogP contribution in [0.1, 0.15) is 26.2 Å². The van der Waals surface area contributed by atoms with Crippen LogP contribution in [0.25, 0.3) is 0 Å². The lowest BCUT2D eigenvalue weighted by Gasteiger charge is -2.50. The Labute approximate surface area is 115 Å². The number of amides is 1. The van der Waals surface area contributed by atoms with E-state index in [2.05, 4.69) is 12.2 Å². The maximum absolute atomic E-state index is 12.0. The van der Waals surface area contributed by atoms with Crippen molar-refractivity contribution >= 4 is 23.6 Å². The van der Waals surface area contributed by atoms with Crippen molar-refractivity contribution in [3.8, 4) is 0 Å². The minimum absolute atomic E-state index is 0.230. The van der Waals surface area contributed by atoms with Gasteiger partial charge in [-0.15, -0.1) is 11.8 Å². The highest BCUT2D eigenvalue weighted by molar-refractivity contribution is 8.02. The minimum Gasteiger partial charge on any atom is -0.509 e. The summed E-state index contributed by atoms with van der Waals surface area (Å²) in [6.45, 7) is 2.86. The van der Waals surface area contributed by atoms with Gasteiger partial charge in [-0.2, -0.15) is 0 Å². The van der Waals surface area contributed by atoms with Gasteiger partial charge in [0.2, 0.25) is 5.91 Å². The van der Waals surface area contributed by atoms with Crippen molar-refractivity contribution in [1.82, 2.24) is 10.2 Å². The Morgan fingerprint density at radius 2 is 2.26 bits per heavy atom. The van der Waals surface area contributed by atoms with Crippen molar-refractivity contribution in [1.29, 1.82) is 0 Å². The highest BCUT2D eigenvalue weighted by atomic mass is 32.2. The van der Waals surface area contributed by atoms with Crippen molar-refractivity contribution in [2.45, 2.75) is 43.6 Å². The summed E-state index contributed by atoms with van der Waals surface area (Å²) in [5, 5.41) is 23.0.